The van der Waals surface area contributed by atoms with Crippen LogP contribution in [0.4, 0.5) is 0 Å². The van der Waals surface area contributed by atoms with E-state index in [-0.39, 0.29) is 7.58 Å². The van der Waals surface area contributed by atoms with E-state index in [9.17, 15) is 0 Å². The highest BCUT2D eigenvalue weighted by Crippen LogP contribution is 2.10. The Kier molecular flexibility index (Phi) is 4.71. The van der Waals surface area contributed by atoms with Gasteiger partial charge in [-0.2, -0.15) is 0 Å². The Balaban J connectivity index is -0.0000000800. The summed E-state index contributed by atoms with van der Waals surface area (Å²) in [6, 6.07) is 0. The Morgan fingerprint density at radius 1 is 1.33 bits per heavy atom. The molecule has 6 heavy (non-hydrogen) atoms. The van der Waals surface area contributed by atoms with Gasteiger partial charge in [-0.25, -0.2) is 0 Å². The molecule has 0 bridgehead atoms. The van der Waals surface area contributed by atoms with Crippen molar-refractivity contribution in [3.8, 4) is 0 Å². The smallest absolute Gasteiger partial charge is 0.344 e. The molecule has 0 aliphatic rings. The molecule has 40 valence electrons. The number of rotatable bonds is 0. The summed E-state index contributed by atoms with van der Waals surface area (Å²) in [7, 11) is 0. The fourth-order valence-corrected chi connectivity index (χ4v) is 0. The van der Waals surface area contributed by atoms with Gasteiger partial charge in [0, 0.05) is 0 Å². The summed E-state index contributed by atoms with van der Waals surface area (Å²) in [6.07, 6.45) is 0. The number of halogens is 2. The van der Waals surface area contributed by atoms with Crippen molar-refractivity contribution in [2.75, 3.05) is 0 Å². The van der Waals surface area contributed by atoms with E-state index in [4.69, 9.17) is 22.2 Å². The van der Waals surface area contributed by atoms with Gasteiger partial charge in [0.1, 0.15) is 0 Å². The van der Waals surface area contributed by atoms with Crippen molar-refractivity contribution in [2.24, 2.45) is 0 Å². The quantitative estimate of drug-likeness (QED) is 0.414. The van der Waals surface area contributed by atoms with Crippen LogP contribution in [0.15, 0.2) is 0 Å². The van der Waals surface area contributed by atoms with Gasteiger partial charge in [0.2, 0.25) is 6.69 Å². The molecule has 0 aliphatic heterocycles. The van der Waals surface area contributed by atoms with Crippen LogP contribution in [-0.2, 0) is 0 Å². The maximum Gasteiger partial charge on any atom is 1.00 e. The summed E-state index contributed by atoms with van der Waals surface area (Å²) in [6.45, 7) is 2.05. The van der Waals surface area contributed by atoms with Crippen LogP contribution >= 0.6 is 22.2 Å². The second-order valence-electron chi connectivity index (χ2n) is 1.33. The molecule has 0 aliphatic carbocycles. The van der Waals surface area contributed by atoms with Crippen LogP contribution in [0.5, 0.6) is 0 Å². The van der Waals surface area contributed by atoms with Gasteiger partial charge in [-0.15, -0.1) is 22.2 Å². The minimum atomic E-state index is -1.67. The van der Waals surface area contributed by atoms with Crippen molar-refractivity contribution >= 4 is 28.9 Å². The Morgan fingerprint density at radius 3 is 1.33 bits per heavy atom. The Hall–Kier alpha value is 0.757. The lowest BCUT2D eigenvalue weighted by atomic mass is 11.9. The number of hydrogen-bond acceptors (Lipinski definition) is 1. The molecular weight excluding hydrogens is 137 g/mol. The van der Waals surface area contributed by atoms with E-state index in [0.29, 0.717) is 0 Å². The van der Waals surface area contributed by atoms with Crippen LogP contribution in [0, 0.1) is 0 Å². The Bertz CT molecular complexity index is 31.2. The zero-order valence-electron chi connectivity index (χ0n) is 4.96. The van der Waals surface area contributed by atoms with Gasteiger partial charge < -0.3 is 6.15 Å². The Labute approximate surface area is 50.1 Å². The standard InChI is InChI=1S/C2H6Cl2Si.H3N/c1-5(2,3)4;/h1-2H3;1H3/p+1. The van der Waals surface area contributed by atoms with Crippen LogP contribution < -0.4 is 6.15 Å². The predicted molar refractivity (Wildman–Crippen MR) is 35.3 cm³/mol. The van der Waals surface area contributed by atoms with Crippen LogP contribution in [0.1, 0.15) is 1.43 Å². The summed E-state index contributed by atoms with van der Waals surface area (Å²) in [5.74, 6) is 0. The monoisotopic (exact) mass is 146 g/mol. The van der Waals surface area contributed by atoms with Crippen molar-refractivity contribution < 1.29 is 1.43 Å². The van der Waals surface area contributed by atoms with E-state index >= 15 is 0 Å². The first kappa shape index (κ1) is 9.90. The first-order chi connectivity index (χ1) is 2.00. The molecule has 0 radical (unpaired) electrons. The van der Waals surface area contributed by atoms with Crippen molar-refractivity contribution in [2.45, 2.75) is 13.1 Å². The number of hydrogen-bond donors (Lipinski definition) is 1. The average Bonchev–Trinajstić information content (AvgIpc) is 0.722. The molecule has 0 atom stereocenters. The zero-order chi connectivity index (χ0) is 4.50. The second kappa shape index (κ2) is 2.85. The van der Waals surface area contributed by atoms with Gasteiger partial charge in [0.05, 0.1) is 0 Å². The van der Waals surface area contributed by atoms with Crippen molar-refractivity contribution in [3.63, 3.8) is 0 Å². The summed E-state index contributed by atoms with van der Waals surface area (Å²) in [5.41, 5.74) is 0. The van der Waals surface area contributed by atoms with Gasteiger partial charge in [0.25, 0.3) is 0 Å². The molecule has 1 nitrogen and oxygen atoms in total. The van der Waals surface area contributed by atoms with Gasteiger partial charge >= 0.3 is 1.43 Å². The maximum absolute atomic E-state index is 5.43. The third kappa shape index (κ3) is 117. The van der Waals surface area contributed by atoms with Crippen LogP contribution in [-0.4, -0.2) is 6.69 Å². The largest absolute Gasteiger partial charge is 1.00 e. The third-order valence-corrected chi connectivity index (χ3v) is 0. The first-order valence-corrected chi connectivity index (χ1v) is 6.40. The molecule has 0 aromatic carbocycles. The van der Waals surface area contributed by atoms with Crippen LogP contribution in [0.25, 0.3) is 0 Å². The van der Waals surface area contributed by atoms with Crippen molar-refractivity contribution in [1.29, 1.82) is 0 Å². The molecule has 0 aromatic rings. The van der Waals surface area contributed by atoms with E-state index < -0.39 is 6.69 Å². The highest BCUT2D eigenvalue weighted by Gasteiger charge is 2.08. The topological polar surface area (TPSA) is 35.0 Å². The summed E-state index contributed by atoms with van der Waals surface area (Å²) in [4.78, 5) is 0. The normalized spacial score (nSPS) is 10.0. The third-order valence-electron chi connectivity index (χ3n) is 0. The molecule has 0 saturated heterocycles. The molecule has 3 N–H and O–H groups in total. The lowest BCUT2D eigenvalue weighted by Crippen LogP contribution is -2.02. The SMILES string of the molecule is C[Si](C)(Cl)Cl.N.[H+]. The molecule has 0 spiro atoms. The summed E-state index contributed by atoms with van der Waals surface area (Å²) >= 11 is 10.9. The fourth-order valence-electron chi connectivity index (χ4n) is 0. The van der Waals surface area contributed by atoms with Crippen molar-refractivity contribution in [1.82, 2.24) is 6.15 Å². The van der Waals surface area contributed by atoms with E-state index in [1.54, 1.807) is 0 Å². The molecule has 0 saturated carbocycles. The van der Waals surface area contributed by atoms with Gasteiger partial charge in [-0.3, -0.25) is 0 Å². The summed E-state index contributed by atoms with van der Waals surface area (Å²) in [5, 5.41) is 0. The maximum atomic E-state index is 5.43. The van der Waals surface area contributed by atoms with Crippen LogP contribution in [0.2, 0.25) is 13.1 Å². The molecule has 0 fully saturated rings. The Morgan fingerprint density at radius 2 is 1.33 bits per heavy atom. The minimum absolute atomic E-state index is 0. The van der Waals surface area contributed by atoms with E-state index in [0.717, 1.165) is 0 Å². The van der Waals surface area contributed by atoms with Crippen LogP contribution in [0.3, 0.4) is 0 Å². The lowest BCUT2D eigenvalue weighted by Gasteiger charge is -1.93. The fraction of sp³-hybridized carbons (Fsp3) is 1.00. The highest BCUT2D eigenvalue weighted by molar-refractivity contribution is 7.44. The van der Waals surface area contributed by atoms with Gasteiger partial charge in [-0.1, -0.05) is 0 Å². The molecule has 4 heteroatoms. The molecule has 0 unspecified atom stereocenters. The zero-order valence-corrected chi connectivity index (χ0v) is 6.47. The van der Waals surface area contributed by atoms with E-state index in [1.807, 2.05) is 13.1 Å². The predicted octanol–water partition coefficient (Wildman–Crippen LogP) is 2.44. The average molecular weight is 147 g/mol. The summed E-state index contributed by atoms with van der Waals surface area (Å²) < 4.78 is 0. The van der Waals surface area contributed by atoms with E-state index in [1.165, 1.54) is 0 Å². The lowest BCUT2D eigenvalue weighted by molar-refractivity contribution is 2.06. The first-order valence-electron chi connectivity index (χ1n) is 1.38. The molecule has 0 rings (SSSR count). The van der Waals surface area contributed by atoms with E-state index in [2.05, 4.69) is 0 Å². The molecular formula is C2H10Cl2NSi+. The van der Waals surface area contributed by atoms with Crippen molar-refractivity contribution in [3.05, 3.63) is 0 Å². The molecule has 0 aromatic heterocycles. The molecule has 0 heterocycles. The van der Waals surface area contributed by atoms with Gasteiger partial charge in [-0.05, 0) is 13.1 Å². The second-order valence-corrected chi connectivity index (χ2v) is 10.2. The molecule has 0 amide bonds. The highest BCUT2D eigenvalue weighted by atomic mass is 35.7. The van der Waals surface area contributed by atoms with Gasteiger partial charge in [0.15, 0.2) is 0 Å². The minimum Gasteiger partial charge on any atom is -0.344 e.